The Labute approximate surface area is 210 Å². The summed E-state index contributed by atoms with van der Waals surface area (Å²) in [6.45, 7) is 1.37. The van der Waals surface area contributed by atoms with Gasteiger partial charge in [-0.25, -0.2) is 0 Å². The molecule has 2 saturated heterocycles. The average Bonchev–Trinajstić information content (AvgIpc) is 3.11. The van der Waals surface area contributed by atoms with Crippen molar-refractivity contribution in [3.63, 3.8) is 0 Å². The molecule has 0 N–H and O–H groups in total. The van der Waals surface area contributed by atoms with Crippen molar-refractivity contribution in [1.82, 2.24) is 9.80 Å². The van der Waals surface area contributed by atoms with Crippen LogP contribution in [0.3, 0.4) is 0 Å². The second-order valence-electron chi connectivity index (χ2n) is 7.96. The van der Waals surface area contributed by atoms with Gasteiger partial charge in [-0.15, -0.1) is 0 Å². The van der Waals surface area contributed by atoms with Gasteiger partial charge in [-0.1, -0.05) is 24.3 Å². The molecule has 174 valence electrons. The number of amides is 3. The van der Waals surface area contributed by atoms with Crippen LogP contribution in [0, 0.1) is 11.3 Å². The topological polar surface area (TPSA) is 90.7 Å². The molecule has 2 aromatic carbocycles. The zero-order valence-electron chi connectivity index (χ0n) is 18.3. The fourth-order valence-electron chi connectivity index (χ4n) is 3.80. The van der Waals surface area contributed by atoms with E-state index in [0.717, 1.165) is 41.5 Å². The van der Waals surface area contributed by atoms with Crippen LogP contribution >= 0.6 is 27.7 Å². The van der Waals surface area contributed by atoms with E-state index in [1.807, 2.05) is 12.1 Å². The number of hydrogen-bond acceptors (Lipinski definition) is 6. The van der Waals surface area contributed by atoms with E-state index < -0.39 is 11.1 Å². The maximum atomic E-state index is 12.8. The predicted octanol–water partition coefficient (Wildman–Crippen LogP) is 4.95. The number of rotatable bonds is 6. The van der Waals surface area contributed by atoms with E-state index >= 15 is 0 Å². The van der Waals surface area contributed by atoms with Gasteiger partial charge >= 0.3 is 0 Å². The lowest BCUT2D eigenvalue weighted by Crippen LogP contribution is -2.44. The van der Waals surface area contributed by atoms with Gasteiger partial charge in [0.05, 0.1) is 21.0 Å². The molecule has 4 rings (SSSR count). The number of nitriles is 1. The Hall–Kier alpha value is -3.09. The quantitative estimate of drug-likeness (QED) is 0.482. The molecule has 2 heterocycles. The van der Waals surface area contributed by atoms with E-state index in [2.05, 4.69) is 22.0 Å². The monoisotopic (exact) mass is 539 g/mol. The first-order valence-corrected chi connectivity index (χ1v) is 12.5. The molecule has 9 heteroatoms. The van der Waals surface area contributed by atoms with Crippen LogP contribution in [0.1, 0.15) is 36.0 Å². The number of carbonyl (C=O) groups is 3. The van der Waals surface area contributed by atoms with Gasteiger partial charge in [-0.05, 0) is 76.8 Å². The maximum absolute atomic E-state index is 12.8. The molecule has 0 aromatic heterocycles. The van der Waals surface area contributed by atoms with Gasteiger partial charge in [-0.2, -0.15) is 5.26 Å². The third-order valence-corrected chi connectivity index (χ3v) is 7.18. The number of carbonyl (C=O) groups excluding carboxylic acids is 3. The molecule has 0 spiro atoms. The third kappa shape index (κ3) is 5.51. The van der Waals surface area contributed by atoms with Gasteiger partial charge in [-0.3, -0.25) is 19.3 Å². The van der Waals surface area contributed by atoms with Crippen LogP contribution in [-0.2, 0) is 16.2 Å². The number of thioether (sulfide) groups is 1. The standard InChI is InChI=1S/C25H22BrN3O4S/c26-20-12-17(8-9-21(20)33-16-19-7-3-2-6-18(19)14-27)13-22-24(31)29(25(32)34-22)15-23(30)28-10-4-1-5-11-28/h2-3,6-9,12-13H,1,4-5,10-11,15-16H2/b22-13-. The molecule has 0 radical (unpaired) electrons. The minimum Gasteiger partial charge on any atom is -0.488 e. The van der Waals surface area contributed by atoms with Crippen molar-refractivity contribution in [3.05, 3.63) is 68.5 Å². The largest absolute Gasteiger partial charge is 0.488 e. The summed E-state index contributed by atoms with van der Waals surface area (Å²) in [7, 11) is 0. The fourth-order valence-corrected chi connectivity index (χ4v) is 5.15. The van der Waals surface area contributed by atoms with Crippen molar-refractivity contribution in [2.45, 2.75) is 25.9 Å². The van der Waals surface area contributed by atoms with Crippen molar-refractivity contribution < 1.29 is 19.1 Å². The minimum absolute atomic E-state index is 0.189. The molecule has 0 aliphatic carbocycles. The summed E-state index contributed by atoms with van der Waals surface area (Å²) >= 11 is 4.32. The Morgan fingerprint density at radius 3 is 2.65 bits per heavy atom. The number of benzene rings is 2. The smallest absolute Gasteiger partial charge is 0.294 e. The SMILES string of the molecule is N#Cc1ccccc1COc1ccc(/C=C2\SC(=O)N(CC(=O)N3CCCCC3)C2=O)cc1Br. The number of ether oxygens (including phenoxy) is 1. The number of likely N-dealkylation sites (tertiary alicyclic amines) is 1. The Kier molecular flexibility index (Phi) is 7.70. The molecule has 2 aliphatic heterocycles. The van der Waals surface area contributed by atoms with Crippen LogP contribution in [0.15, 0.2) is 51.8 Å². The Morgan fingerprint density at radius 1 is 1.15 bits per heavy atom. The highest BCUT2D eigenvalue weighted by Gasteiger charge is 2.37. The van der Waals surface area contributed by atoms with Crippen molar-refractivity contribution in [2.75, 3.05) is 19.6 Å². The number of imide groups is 1. The zero-order valence-corrected chi connectivity index (χ0v) is 20.7. The summed E-state index contributed by atoms with van der Waals surface area (Å²) in [5.74, 6) is -0.0551. The fraction of sp³-hybridized carbons (Fsp3) is 0.280. The van der Waals surface area contributed by atoms with Crippen molar-refractivity contribution in [1.29, 1.82) is 5.26 Å². The van der Waals surface area contributed by atoms with Gasteiger partial charge in [0, 0.05) is 18.7 Å². The Morgan fingerprint density at radius 2 is 1.91 bits per heavy atom. The van der Waals surface area contributed by atoms with E-state index in [-0.39, 0.29) is 24.0 Å². The number of hydrogen-bond donors (Lipinski definition) is 0. The lowest BCUT2D eigenvalue weighted by Gasteiger charge is -2.27. The maximum Gasteiger partial charge on any atom is 0.294 e. The molecule has 2 aromatic rings. The first kappa shape index (κ1) is 24.0. The summed E-state index contributed by atoms with van der Waals surface area (Å²) in [4.78, 5) is 40.7. The molecule has 2 aliphatic rings. The van der Waals surface area contributed by atoms with E-state index in [9.17, 15) is 19.6 Å². The third-order valence-electron chi connectivity index (χ3n) is 5.65. The van der Waals surface area contributed by atoms with Crippen LogP contribution < -0.4 is 4.74 Å². The summed E-state index contributed by atoms with van der Waals surface area (Å²) in [5, 5.41) is 8.78. The minimum atomic E-state index is -0.454. The first-order valence-electron chi connectivity index (χ1n) is 10.9. The van der Waals surface area contributed by atoms with Crippen LogP contribution in [0.25, 0.3) is 6.08 Å². The van der Waals surface area contributed by atoms with Gasteiger partial charge in [0.25, 0.3) is 11.1 Å². The van der Waals surface area contributed by atoms with Gasteiger partial charge < -0.3 is 9.64 Å². The molecular formula is C25H22BrN3O4S. The van der Waals surface area contributed by atoms with E-state index in [4.69, 9.17) is 4.74 Å². The lowest BCUT2D eigenvalue weighted by molar-refractivity contribution is -0.136. The van der Waals surface area contributed by atoms with Gasteiger partial charge in [0.15, 0.2) is 0 Å². The number of nitrogens with zero attached hydrogens (tertiary/aromatic N) is 3. The van der Waals surface area contributed by atoms with Crippen LogP contribution in [0.4, 0.5) is 4.79 Å². The normalized spacial score (nSPS) is 17.2. The lowest BCUT2D eigenvalue weighted by atomic mass is 10.1. The van der Waals surface area contributed by atoms with Crippen molar-refractivity contribution >= 4 is 50.8 Å². The van der Waals surface area contributed by atoms with Crippen LogP contribution in [0.5, 0.6) is 5.75 Å². The van der Waals surface area contributed by atoms with E-state index in [0.29, 0.717) is 34.4 Å². The number of halogens is 1. The highest BCUT2D eigenvalue weighted by atomic mass is 79.9. The van der Waals surface area contributed by atoms with Crippen molar-refractivity contribution in [3.8, 4) is 11.8 Å². The molecule has 0 bridgehead atoms. The van der Waals surface area contributed by atoms with Crippen LogP contribution in [0.2, 0.25) is 0 Å². The first-order chi connectivity index (χ1) is 16.5. The summed E-state index contributed by atoms with van der Waals surface area (Å²) < 4.78 is 6.53. The Bertz CT molecular complexity index is 1200. The summed E-state index contributed by atoms with van der Waals surface area (Å²) in [6, 6.07) is 14.7. The molecule has 0 atom stereocenters. The van der Waals surface area contributed by atoms with Crippen LogP contribution in [-0.4, -0.2) is 46.5 Å². The molecule has 0 saturated carbocycles. The Balaban J connectivity index is 1.42. The molecule has 0 unspecified atom stereocenters. The van der Waals surface area contributed by atoms with Gasteiger partial charge in [0.1, 0.15) is 18.9 Å². The summed E-state index contributed by atoms with van der Waals surface area (Å²) in [6.07, 6.45) is 4.64. The molecule has 3 amide bonds. The number of piperidine rings is 1. The molecule has 7 nitrogen and oxygen atoms in total. The zero-order chi connectivity index (χ0) is 24.1. The summed E-state index contributed by atoms with van der Waals surface area (Å²) in [5.41, 5.74) is 2.06. The van der Waals surface area contributed by atoms with E-state index in [1.165, 1.54) is 0 Å². The highest BCUT2D eigenvalue weighted by molar-refractivity contribution is 9.10. The second-order valence-corrected chi connectivity index (χ2v) is 9.80. The van der Waals surface area contributed by atoms with E-state index in [1.54, 1.807) is 41.3 Å². The molecule has 34 heavy (non-hydrogen) atoms. The second kappa shape index (κ2) is 10.9. The van der Waals surface area contributed by atoms with Crippen molar-refractivity contribution in [2.24, 2.45) is 0 Å². The average molecular weight is 540 g/mol. The predicted molar refractivity (Wildman–Crippen MR) is 133 cm³/mol. The molecular weight excluding hydrogens is 518 g/mol. The molecule has 2 fully saturated rings. The van der Waals surface area contributed by atoms with Gasteiger partial charge in [0.2, 0.25) is 5.91 Å². The highest BCUT2D eigenvalue weighted by Crippen LogP contribution is 2.34.